The van der Waals surface area contributed by atoms with E-state index in [0.717, 1.165) is 25.9 Å². The molecule has 2 heterocycles. The van der Waals surface area contributed by atoms with Crippen LogP contribution in [0.25, 0.3) is 0 Å². The van der Waals surface area contributed by atoms with Crippen molar-refractivity contribution in [1.82, 2.24) is 5.32 Å². The van der Waals surface area contributed by atoms with Crippen molar-refractivity contribution >= 4 is 11.6 Å². The van der Waals surface area contributed by atoms with Gasteiger partial charge in [-0.15, -0.1) is 0 Å². The molecule has 0 fully saturated rings. The fourth-order valence-corrected chi connectivity index (χ4v) is 2.82. The molecule has 22 heavy (non-hydrogen) atoms. The third-order valence-electron chi connectivity index (χ3n) is 3.99. The van der Waals surface area contributed by atoms with Gasteiger partial charge in [0.15, 0.2) is 0 Å². The lowest BCUT2D eigenvalue weighted by Crippen LogP contribution is -2.29. The molecule has 0 bridgehead atoms. The van der Waals surface area contributed by atoms with Crippen LogP contribution in [-0.2, 0) is 13.0 Å². The van der Waals surface area contributed by atoms with Crippen LogP contribution in [0.1, 0.15) is 28.1 Å². The molecule has 1 aromatic carbocycles. The van der Waals surface area contributed by atoms with E-state index in [4.69, 9.17) is 10.2 Å². The van der Waals surface area contributed by atoms with Crippen molar-refractivity contribution in [3.8, 4) is 0 Å². The monoisotopic (exact) mass is 299 g/mol. The van der Waals surface area contributed by atoms with Crippen molar-refractivity contribution in [2.45, 2.75) is 19.4 Å². The predicted octanol–water partition coefficient (Wildman–Crippen LogP) is 1.92. The molecule has 5 nitrogen and oxygen atoms in total. The van der Waals surface area contributed by atoms with E-state index in [1.165, 1.54) is 17.5 Å². The van der Waals surface area contributed by atoms with Crippen LogP contribution in [-0.4, -0.2) is 25.5 Å². The van der Waals surface area contributed by atoms with E-state index in [0.29, 0.717) is 24.4 Å². The summed E-state index contributed by atoms with van der Waals surface area (Å²) in [6.45, 7) is 2.98. The lowest BCUT2D eigenvalue weighted by Gasteiger charge is -2.19. The van der Waals surface area contributed by atoms with Gasteiger partial charge in [0.1, 0.15) is 12.0 Å². The summed E-state index contributed by atoms with van der Waals surface area (Å²) in [7, 11) is 0. The SMILES string of the molecule is NCc1cc(C(=O)NCCCN2CCc3ccccc32)co1. The molecule has 3 N–H and O–H groups in total. The second-order valence-corrected chi connectivity index (χ2v) is 5.48. The molecule has 0 saturated heterocycles. The highest BCUT2D eigenvalue weighted by molar-refractivity contribution is 5.93. The molecule has 1 amide bonds. The molecule has 116 valence electrons. The second kappa shape index (κ2) is 6.66. The number of fused-ring (bicyclic) bond motifs is 1. The zero-order chi connectivity index (χ0) is 15.4. The average Bonchev–Trinajstić information content (AvgIpc) is 3.18. The lowest BCUT2D eigenvalue weighted by molar-refractivity contribution is 0.0953. The number of carbonyl (C=O) groups excluding carboxylic acids is 1. The Balaban J connectivity index is 1.43. The number of anilines is 1. The molecule has 5 heteroatoms. The summed E-state index contributed by atoms with van der Waals surface area (Å²) in [6.07, 6.45) is 3.48. The van der Waals surface area contributed by atoms with Gasteiger partial charge < -0.3 is 20.4 Å². The van der Waals surface area contributed by atoms with Gasteiger partial charge in [-0.2, -0.15) is 0 Å². The minimum Gasteiger partial charge on any atom is -0.467 e. The molecule has 3 rings (SSSR count). The van der Waals surface area contributed by atoms with Crippen molar-refractivity contribution in [1.29, 1.82) is 0 Å². The topological polar surface area (TPSA) is 71.5 Å². The summed E-state index contributed by atoms with van der Waals surface area (Å²) >= 11 is 0. The molecule has 0 radical (unpaired) electrons. The van der Waals surface area contributed by atoms with Gasteiger partial charge in [0.05, 0.1) is 12.1 Å². The minimum absolute atomic E-state index is 0.106. The van der Waals surface area contributed by atoms with E-state index in [9.17, 15) is 4.79 Å². The van der Waals surface area contributed by atoms with Crippen molar-refractivity contribution in [2.75, 3.05) is 24.5 Å². The van der Waals surface area contributed by atoms with Crippen LogP contribution in [0.15, 0.2) is 41.0 Å². The Morgan fingerprint density at radius 2 is 2.23 bits per heavy atom. The Morgan fingerprint density at radius 1 is 1.36 bits per heavy atom. The fraction of sp³-hybridized carbons (Fsp3) is 0.353. The first-order valence-electron chi connectivity index (χ1n) is 7.66. The number of nitrogens with two attached hydrogens (primary N) is 1. The summed E-state index contributed by atoms with van der Waals surface area (Å²) in [5.74, 6) is 0.518. The highest BCUT2D eigenvalue weighted by Gasteiger charge is 2.17. The van der Waals surface area contributed by atoms with Crippen molar-refractivity contribution in [3.05, 3.63) is 53.5 Å². The van der Waals surface area contributed by atoms with E-state index in [-0.39, 0.29) is 5.91 Å². The Morgan fingerprint density at radius 3 is 3.05 bits per heavy atom. The van der Waals surface area contributed by atoms with Gasteiger partial charge >= 0.3 is 0 Å². The van der Waals surface area contributed by atoms with E-state index in [1.54, 1.807) is 6.07 Å². The minimum atomic E-state index is -0.106. The molecule has 0 unspecified atom stereocenters. The number of carbonyl (C=O) groups is 1. The van der Waals surface area contributed by atoms with Crippen LogP contribution in [0.5, 0.6) is 0 Å². The lowest BCUT2D eigenvalue weighted by atomic mass is 10.2. The van der Waals surface area contributed by atoms with Gasteiger partial charge in [0.2, 0.25) is 0 Å². The van der Waals surface area contributed by atoms with Gasteiger partial charge in [-0.05, 0) is 30.5 Å². The van der Waals surface area contributed by atoms with Gasteiger partial charge in [0, 0.05) is 25.3 Å². The largest absolute Gasteiger partial charge is 0.467 e. The summed E-state index contributed by atoms with van der Waals surface area (Å²) < 4.78 is 5.17. The van der Waals surface area contributed by atoms with E-state index in [1.807, 2.05) is 0 Å². The summed E-state index contributed by atoms with van der Waals surface area (Å²) in [5.41, 5.74) is 8.74. The molecule has 1 aliphatic rings. The van der Waals surface area contributed by atoms with Crippen molar-refractivity contribution < 1.29 is 9.21 Å². The molecule has 1 aliphatic heterocycles. The van der Waals surface area contributed by atoms with E-state index >= 15 is 0 Å². The predicted molar refractivity (Wildman–Crippen MR) is 85.9 cm³/mol. The molecule has 0 atom stereocenters. The normalized spacial score (nSPS) is 13.2. The van der Waals surface area contributed by atoms with Crippen LogP contribution in [0, 0.1) is 0 Å². The Kier molecular flexibility index (Phi) is 4.44. The smallest absolute Gasteiger partial charge is 0.254 e. The maximum absolute atomic E-state index is 11.9. The van der Waals surface area contributed by atoms with Crippen molar-refractivity contribution in [3.63, 3.8) is 0 Å². The zero-order valence-corrected chi connectivity index (χ0v) is 12.5. The molecule has 0 aliphatic carbocycles. The highest BCUT2D eigenvalue weighted by atomic mass is 16.3. The number of rotatable bonds is 6. The molecule has 0 spiro atoms. The van der Waals surface area contributed by atoms with E-state index < -0.39 is 0 Å². The third-order valence-corrected chi connectivity index (χ3v) is 3.99. The first-order valence-corrected chi connectivity index (χ1v) is 7.66. The fourth-order valence-electron chi connectivity index (χ4n) is 2.82. The maximum Gasteiger partial charge on any atom is 0.254 e. The highest BCUT2D eigenvalue weighted by Crippen LogP contribution is 2.27. The van der Waals surface area contributed by atoms with E-state index in [2.05, 4.69) is 34.5 Å². The molecule has 2 aromatic rings. The van der Waals surface area contributed by atoms with Crippen LogP contribution in [0.3, 0.4) is 0 Å². The summed E-state index contributed by atoms with van der Waals surface area (Å²) in [6, 6.07) is 10.2. The van der Waals surface area contributed by atoms with Gasteiger partial charge in [0.25, 0.3) is 5.91 Å². The second-order valence-electron chi connectivity index (χ2n) is 5.48. The maximum atomic E-state index is 11.9. The molecular formula is C17H21N3O2. The summed E-state index contributed by atoms with van der Waals surface area (Å²) in [5, 5.41) is 2.92. The summed E-state index contributed by atoms with van der Waals surface area (Å²) in [4.78, 5) is 14.3. The zero-order valence-electron chi connectivity index (χ0n) is 12.5. The number of nitrogens with one attached hydrogen (secondary N) is 1. The van der Waals surface area contributed by atoms with Crippen LogP contribution < -0.4 is 16.0 Å². The van der Waals surface area contributed by atoms with Gasteiger partial charge in [-0.1, -0.05) is 18.2 Å². The quantitative estimate of drug-likeness (QED) is 0.799. The number of amides is 1. The molecule has 0 saturated carbocycles. The third kappa shape index (κ3) is 3.14. The Labute approximate surface area is 130 Å². The van der Waals surface area contributed by atoms with Gasteiger partial charge in [-0.25, -0.2) is 0 Å². The Hall–Kier alpha value is -2.27. The molecule has 1 aromatic heterocycles. The molecular weight excluding hydrogens is 278 g/mol. The Bertz CT molecular complexity index is 651. The number of hydrogen-bond acceptors (Lipinski definition) is 4. The number of benzene rings is 1. The number of para-hydroxylation sites is 1. The van der Waals surface area contributed by atoms with Crippen LogP contribution >= 0.6 is 0 Å². The first-order chi connectivity index (χ1) is 10.8. The number of hydrogen-bond donors (Lipinski definition) is 2. The van der Waals surface area contributed by atoms with Gasteiger partial charge in [-0.3, -0.25) is 4.79 Å². The average molecular weight is 299 g/mol. The van der Waals surface area contributed by atoms with Crippen LogP contribution in [0.4, 0.5) is 5.69 Å². The first kappa shape index (κ1) is 14.7. The number of nitrogens with zero attached hydrogens (tertiary/aromatic N) is 1. The van der Waals surface area contributed by atoms with Crippen LogP contribution in [0.2, 0.25) is 0 Å². The standard InChI is InChI=1S/C17H21N3O2/c18-11-15-10-14(12-22-15)17(21)19-7-3-8-20-9-6-13-4-1-2-5-16(13)20/h1-2,4-5,10,12H,3,6-9,11,18H2,(H,19,21). The number of furan rings is 1. The van der Waals surface area contributed by atoms with Crippen molar-refractivity contribution in [2.24, 2.45) is 5.73 Å².